The molecule has 3 nitrogen and oxygen atoms in total. The van der Waals surface area contributed by atoms with Crippen LogP contribution in [-0.2, 0) is 7.05 Å². The third-order valence-corrected chi connectivity index (χ3v) is 3.22. The van der Waals surface area contributed by atoms with Crippen molar-refractivity contribution < 1.29 is 0 Å². The van der Waals surface area contributed by atoms with E-state index in [1.807, 2.05) is 37.0 Å². The van der Waals surface area contributed by atoms with Gasteiger partial charge in [0.2, 0.25) is 0 Å². The van der Waals surface area contributed by atoms with Gasteiger partial charge in [0.1, 0.15) is 5.82 Å². The quantitative estimate of drug-likeness (QED) is 0.855. The molecule has 0 atom stereocenters. The Morgan fingerprint density at radius 1 is 1.50 bits per heavy atom. The summed E-state index contributed by atoms with van der Waals surface area (Å²) in [6.07, 6.45) is 0. The Bertz CT molecular complexity index is 447. The fourth-order valence-corrected chi connectivity index (χ4v) is 2.36. The van der Waals surface area contributed by atoms with E-state index in [2.05, 4.69) is 10.4 Å². The fraction of sp³-hybridized carbons (Fsp3) is 0.222. The molecule has 0 aromatic carbocycles. The van der Waals surface area contributed by atoms with Crippen molar-refractivity contribution >= 4 is 28.8 Å². The van der Waals surface area contributed by atoms with Crippen LogP contribution in [0.4, 0.5) is 5.82 Å². The third-order valence-electron chi connectivity index (χ3n) is 1.96. The number of aryl methyl sites for hydroxylation is 1. The van der Waals surface area contributed by atoms with Gasteiger partial charge < -0.3 is 5.32 Å². The topological polar surface area (TPSA) is 29.9 Å². The lowest BCUT2D eigenvalue weighted by Gasteiger charge is -1.95. The monoisotopic (exact) mass is 227 g/mol. The van der Waals surface area contributed by atoms with Gasteiger partial charge in [-0.1, -0.05) is 11.6 Å². The number of anilines is 1. The summed E-state index contributed by atoms with van der Waals surface area (Å²) in [5.74, 6) is 0.868. The molecule has 0 spiro atoms. The number of nitrogens with zero attached hydrogens (tertiary/aromatic N) is 2. The van der Waals surface area contributed by atoms with E-state index in [4.69, 9.17) is 11.6 Å². The largest absolute Gasteiger partial charge is 0.372 e. The van der Waals surface area contributed by atoms with E-state index < -0.39 is 0 Å². The molecule has 0 aliphatic carbocycles. The highest BCUT2D eigenvalue weighted by atomic mass is 35.5. The predicted molar refractivity (Wildman–Crippen MR) is 61.1 cm³/mol. The highest BCUT2D eigenvalue weighted by Gasteiger charge is 2.08. The minimum atomic E-state index is 0.798. The van der Waals surface area contributed by atoms with E-state index in [1.165, 1.54) is 0 Å². The van der Waals surface area contributed by atoms with E-state index in [0.717, 1.165) is 20.7 Å². The maximum Gasteiger partial charge on any atom is 0.148 e. The molecule has 0 aliphatic rings. The molecular formula is C9H10ClN3S. The molecule has 2 aromatic heterocycles. The van der Waals surface area contributed by atoms with Crippen LogP contribution in [0.2, 0.25) is 4.34 Å². The van der Waals surface area contributed by atoms with Gasteiger partial charge in [-0.3, -0.25) is 4.68 Å². The smallest absolute Gasteiger partial charge is 0.148 e. The van der Waals surface area contributed by atoms with E-state index in [0.29, 0.717) is 0 Å². The van der Waals surface area contributed by atoms with E-state index in [1.54, 1.807) is 11.3 Å². The van der Waals surface area contributed by atoms with Gasteiger partial charge in [0.25, 0.3) is 0 Å². The van der Waals surface area contributed by atoms with Gasteiger partial charge >= 0.3 is 0 Å². The van der Waals surface area contributed by atoms with Gasteiger partial charge in [0.05, 0.1) is 14.9 Å². The summed E-state index contributed by atoms with van der Waals surface area (Å²) in [6, 6.07) is 5.90. The van der Waals surface area contributed by atoms with Gasteiger partial charge in [-0.2, -0.15) is 5.10 Å². The van der Waals surface area contributed by atoms with Gasteiger partial charge in [0, 0.05) is 20.2 Å². The molecule has 0 amide bonds. The number of halogens is 1. The lowest BCUT2D eigenvalue weighted by atomic mass is 10.3. The zero-order chi connectivity index (χ0) is 10.1. The molecule has 5 heteroatoms. The van der Waals surface area contributed by atoms with E-state index in [9.17, 15) is 0 Å². The highest BCUT2D eigenvalue weighted by molar-refractivity contribution is 7.19. The van der Waals surface area contributed by atoms with Gasteiger partial charge in [0.15, 0.2) is 0 Å². The molecule has 0 fully saturated rings. The number of hydrogen-bond donors (Lipinski definition) is 1. The first-order chi connectivity index (χ1) is 6.70. The highest BCUT2D eigenvalue weighted by Crippen LogP contribution is 2.31. The predicted octanol–water partition coefficient (Wildman–Crippen LogP) is 2.84. The molecule has 0 saturated carbocycles. The first-order valence-corrected chi connectivity index (χ1v) is 5.37. The van der Waals surface area contributed by atoms with Crippen LogP contribution in [0.5, 0.6) is 0 Å². The Morgan fingerprint density at radius 2 is 2.29 bits per heavy atom. The molecule has 1 N–H and O–H groups in total. The van der Waals surface area contributed by atoms with Crippen molar-refractivity contribution in [1.29, 1.82) is 0 Å². The summed E-state index contributed by atoms with van der Waals surface area (Å²) in [5, 5.41) is 7.29. The standard InChI is InChI=1S/C9H10ClN3S/c1-11-9-5-6(13(2)12-9)7-3-4-8(10)14-7/h3-5H,1-2H3,(H,11,12). The minimum Gasteiger partial charge on any atom is -0.372 e. The van der Waals surface area contributed by atoms with Gasteiger partial charge in [-0.05, 0) is 12.1 Å². The number of thiophene rings is 1. The summed E-state index contributed by atoms with van der Waals surface area (Å²) in [4.78, 5) is 1.13. The lowest BCUT2D eigenvalue weighted by molar-refractivity contribution is 0.780. The molecule has 0 bridgehead atoms. The van der Waals surface area contributed by atoms with Crippen molar-refractivity contribution in [1.82, 2.24) is 9.78 Å². The average molecular weight is 228 g/mol. The summed E-state index contributed by atoms with van der Waals surface area (Å²) in [7, 11) is 3.78. The number of rotatable bonds is 2. The number of aromatic nitrogens is 2. The molecule has 74 valence electrons. The van der Waals surface area contributed by atoms with Crippen LogP contribution in [0.15, 0.2) is 18.2 Å². The Morgan fingerprint density at radius 3 is 2.79 bits per heavy atom. The van der Waals surface area contributed by atoms with Crippen molar-refractivity contribution in [2.75, 3.05) is 12.4 Å². The maximum absolute atomic E-state index is 5.88. The van der Waals surface area contributed by atoms with Crippen molar-refractivity contribution in [2.45, 2.75) is 0 Å². The van der Waals surface area contributed by atoms with Crippen LogP contribution in [0.25, 0.3) is 10.6 Å². The molecule has 2 rings (SSSR count). The minimum absolute atomic E-state index is 0.798. The summed E-state index contributed by atoms with van der Waals surface area (Å²) in [5.41, 5.74) is 1.08. The zero-order valence-electron chi connectivity index (χ0n) is 7.91. The van der Waals surface area contributed by atoms with Crippen LogP contribution in [0.3, 0.4) is 0 Å². The fourth-order valence-electron chi connectivity index (χ4n) is 1.27. The second kappa shape index (κ2) is 3.63. The van der Waals surface area contributed by atoms with Crippen molar-refractivity contribution in [3.8, 4) is 10.6 Å². The molecule has 0 saturated heterocycles. The number of hydrogen-bond acceptors (Lipinski definition) is 3. The van der Waals surface area contributed by atoms with E-state index >= 15 is 0 Å². The first-order valence-electron chi connectivity index (χ1n) is 4.18. The molecule has 0 radical (unpaired) electrons. The normalized spacial score (nSPS) is 10.5. The van der Waals surface area contributed by atoms with Crippen LogP contribution in [-0.4, -0.2) is 16.8 Å². The summed E-state index contributed by atoms with van der Waals surface area (Å²) in [6.45, 7) is 0. The van der Waals surface area contributed by atoms with Crippen LogP contribution in [0.1, 0.15) is 0 Å². The molecule has 2 heterocycles. The molecular weight excluding hydrogens is 218 g/mol. The van der Waals surface area contributed by atoms with Crippen LogP contribution >= 0.6 is 22.9 Å². The Balaban J connectivity index is 2.45. The molecule has 0 aliphatic heterocycles. The molecule has 0 unspecified atom stereocenters. The number of nitrogens with one attached hydrogen (secondary N) is 1. The van der Waals surface area contributed by atoms with Crippen molar-refractivity contribution in [3.05, 3.63) is 22.5 Å². The Hall–Kier alpha value is -1.00. The van der Waals surface area contributed by atoms with E-state index in [-0.39, 0.29) is 0 Å². The first kappa shape index (κ1) is 9.55. The average Bonchev–Trinajstić information content (AvgIpc) is 2.71. The van der Waals surface area contributed by atoms with Crippen LogP contribution in [0, 0.1) is 0 Å². The second-order valence-corrected chi connectivity index (χ2v) is 4.61. The second-order valence-electron chi connectivity index (χ2n) is 2.89. The van der Waals surface area contributed by atoms with Gasteiger partial charge in [-0.15, -0.1) is 11.3 Å². The maximum atomic E-state index is 5.88. The summed E-state index contributed by atoms with van der Waals surface area (Å²) >= 11 is 7.43. The lowest BCUT2D eigenvalue weighted by Crippen LogP contribution is -1.94. The summed E-state index contributed by atoms with van der Waals surface area (Å²) < 4.78 is 2.64. The van der Waals surface area contributed by atoms with Gasteiger partial charge in [-0.25, -0.2) is 0 Å². The zero-order valence-corrected chi connectivity index (χ0v) is 9.49. The Kier molecular flexibility index (Phi) is 2.48. The SMILES string of the molecule is CNc1cc(-c2ccc(Cl)s2)n(C)n1. The molecule has 2 aromatic rings. The van der Waals surface area contributed by atoms with Crippen molar-refractivity contribution in [2.24, 2.45) is 7.05 Å². The Labute approximate surface area is 91.3 Å². The van der Waals surface area contributed by atoms with Crippen molar-refractivity contribution in [3.63, 3.8) is 0 Å². The van der Waals surface area contributed by atoms with Crippen LogP contribution < -0.4 is 5.32 Å². The third kappa shape index (κ3) is 1.63. The molecule has 14 heavy (non-hydrogen) atoms.